The number of carbonyl (C=O) groups is 2. The zero-order chi connectivity index (χ0) is 26.4. The number of nitro groups is 1. The van der Waals surface area contributed by atoms with Gasteiger partial charge in [0.25, 0.3) is 17.5 Å². The third-order valence-electron chi connectivity index (χ3n) is 6.31. The van der Waals surface area contributed by atoms with Gasteiger partial charge in [0.15, 0.2) is 6.61 Å². The van der Waals surface area contributed by atoms with E-state index in [4.69, 9.17) is 9.15 Å². The summed E-state index contributed by atoms with van der Waals surface area (Å²) in [5.41, 5.74) is 3.48. The number of hydrazone groups is 1. The summed E-state index contributed by atoms with van der Waals surface area (Å²) < 4.78 is 11.3. The van der Waals surface area contributed by atoms with E-state index in [0.717, 1.165) is 19.3 Å². The smallest absolute Gasteiger partial charge is 0.271 e. The average molecular weight is 505 g/mol. The minimum atomic E-state index is -0.467. The second kappa shape index (κ2) is 11.5. The van der Waals surface area contributed by atoms with E-state index in [2.05, 4.69) is 24.4 Å². The molecule has 192 valence electrons. The number of nitrogens with one attached hydrogen (secondary N) is 1. The Morgan fingerprint density at radius 3 is 2.41 bits per heavy atom. The van der Waals surface area contributed by atoms with Crippen LogP contribution in [-0.4, -0.2) is 46.5 Å². The fourth-order valence-corrected chi connectivity index (χ4v) is 4.38. The molecule has 2 atom stereocenters. The standard InChI is InChI=1S/C27H28N4O6/c1-18-4-3-5-19(2)30(18)26(32)17-36-23-12-8-21(9-13-23)27(33)29-28-16-24-14-15-25(37-24)20-6-10-22(11-7-20)31(34)35/h6-16,18-19H,3-5,17H2,1-2H3,(H,29,33)/b28-16-/t18-,19+. The van der Waals surface area contributed by atoms with E-state index in [0.29, 0.717) is 28.4 Å². The number of piperidine rings is 1. The number of furan rings is 1. The third kappa shape index (κ3) is 6.40. The predicted molar refractivity (Wildman–Crippen MR) is 137 cm³/mol. The highest BCUT2D eigenvalue weighted by molar-refractivity contribution is 5.94. The minimum Gasteiger partial charge on any atom is -0.484 e. The summed E-state index contributed by atoms with van der Waals surface area (Å²) in [6.07, 6.45) is 4.50. The molecule has 2 amide bonds. The van der Waals surface area contributed by atoms with Crippen LogP contribution in [0, 0.1) is 10.1 Å². The number of ether oxygens (including phenoxy) is 1. The first-order valence-electron chi connectivity index (χ1n) is 12.0. The highest BCUT2D eigenvalue weighted by Gasteiger charge is 2.29. The molecule has 2 heterocycles. The molecule has 1 fully saturated rings. The molecule has 10 heteroatoms. The summed E-state index contributed by atoms with van der Waals surface area (Å²) in [5.74, 6) is 0.961. The number of nitrogens with zero attached hydrogens (tertiary/aromatic N) is 3. The van der Waals surface area contributed by atoms with Gasteiger partial charge in [-0.05, 0) is 81.6 Å². The molecule has 1 aliphatic heterocycles. The van der Waals surface area contributed by atoms with Crippen molar-refractivity contribution in [2.75, 3.05) is 6.61 Å². The monoisotopic (exact) mass is 504 g/mol. The maximum atomic E-state index is 12.6. The van der Waals surface area contributed by atoms with E-state index in [1.165, 1.54) is 18.3 Å². The molecule has 0 radical (unpaired) electrons. The van der Waals surface area contributed by atoms with E-state index in [9.17, 15) is 19.7 Å². The van der Waals surface area contributed by atoms with Crippen molar-refractivity contribution in [1.82, 2.24) is 10.3 Å². The van der Waals surface area contributed by atoms with E-state index >= 15 is 0 Å². The highest BCUT2D eigenvalue weighted by atomic mass is 16.6. The van der Waals surface area contributed by atoms with Crippen molar-refractivity contribution in [3.05, 3.63) is 82.1 Å². The Morgan fingerprint density at radius 1 is 1.08 bits per heavy atom. The number of hydrogen-bond donors (Lipinski definition) is 1. The average Bonchev–Trinajstić information content (AvgIpc) is 3.36. The first-order valence-corrected chi connectivity index (χ1v) is 12.0. The summed E-state index contributed by atoms with van der Waals surface area (Å²) in [5, 5.41) is 14.7. The normalized spacial score (nSPS) is 17.5. The number of non-ortho nitro benzene ring substituents is 1. The lowest BCUT2D eigenvalue weighted by Crippen LogP contribution is -2.49. The number of rotatable bonds is 8. The number of carbonyl (C=O) groups excluding carboxylic acids is 2. The fourth-order valence-electron chi connectivity index (χ4n) is 4.38. The number of amides is 2. The van der Waals surface area contributed by atoms with Gasteiger partial charge in [-0.25, -0.2) is 5.43 Å². The Morgan fingerprint density at radius 2 is 1.76 bits per heavy atom. The molecule has 0 spiro atoms. The summed E-state index contributed by atoms with van der Waals surface area (Å²) in [4.78, 5) is 37.2. The largest absolute Gasteiger partial charge is 0.484 e. The van der Waals surface area contributed by atoms with Crippen molar-refractivity contribution in [2.24, 2.45) is 5.10 Å². The first kappa shape index (κ1) is 25.6. The van der Waals surface area contributed by atoms with Crippen molar-refractivity contribution >= 4 is 23.7 Å². The van der Waals surface area contributed by atoms with Gasteiger partial charge in [-0.3, -0.25) is 19.7 Å². The van der Waals surface area contributed by atoms with Crippen LogP contribution in [-0.2, 0) is 4.79 Å². The Kier molecular flexibility index (Phi) is 7.97. The number of benzene rings is 2. The summed E-state index contributed by atoms with van der Waals surface area (Å²) in [6, 6.07) is 16.2. The van der Waals surface area contributed by atoms with Crippen molar-refractivity contribution in [3.8, 4) is 17.1 Å². The van der Waals surface area contributed by atoms with Gasteiger partial charge in [0.05, 0.1) is 11.1 Å². The van der Waals surface area contributed by atoms with E-state index in [-0.39, 0.29) is 30.3 Å². The second-order valence-corrected chi connectivity index (χ2v) is 8.95. The Hall–Kier alpha value is -4.47. The molecule has 0 saturated carbocycles. The topological polar surface area (TPSA) is 127 Å². The molecular formula is C27H28N4O6. The fraction of sp³-hybridized carbons (Fsp3) is 0.296. The molecule has 1 aliphatic rings. The van der Waals surface area contributed by atoms with E-state index < -0.39 is 10.8 Å². The van der Waals surface area contributed by atoms with Crippen molar-refractivity contribution in [2.45, 2.75) is 45.2 Å². The van der Waals surface area contributed by atoms with Gasteiger partial charge in [-0.1, -0.05) is 0 Å². The van der Waals surface area contributed by atoms with Gasteiger partial charge in [-0.15, -0.1) is 0 Å². The van der Waals surface area contributed by atoms with Gasteiger partial charge in [-0.2, -0.15) is 5.10 Å². The summed E-state index contributed by atoms with van der Waals surface area (Å²) in [7, 11) is 0. The molecule has 1 saturated heterocycles. The molecule has 2 aromatic carbocycles. The lowest BCUT2D eigenvalue weighted by molar-refractivity contribution is -0.384. The molecule has 0 unspecified atom stereocenters. The molecule has 3 aromatic rings. The van der Waals surface area contributed by atoms with Gasteiger partial charge in [0.1, 0.15) is 17.3 Å². The maximum Gasteiger partial charge on any atom is 0.271 e. The quantitative estimate of drug-likeness (QED) is 0.267. The maximum absolute atomic E-state index is 12.6. The van der Waals surface area contributed by atoms with Crippen LogP contribution in [0.3, 0.4) is 0 Å². The van der Waals surface area contributed by atoms with Crippen molar-refractivity contribution in [1.29, 1.82) is 0 Å². The van der Waals surface area contributed by atoms with Crippen LogP contribution in [0.25, 0.3) is 11.3 Å². The van der Waals surface area contributed by atoms with Crippen LogP contribution >= 0.6 is 0 Å². The van der Waals surface area contributed by atoms with Gasteiger partial charge in [0, 0.05) is 35.3 Å². The molecule has 1 N–H and O–H groups in total. The molecule has 10 nitrogen and oxygen atoms in total. The lowest BCUT2D eigenvalue weighted by atomic mass is 9.97. The number of likely N-dealkylation sites (tertiary alicyclic amines) is 1. The summed E-state index contributed by atoms with van der Waals surface area (Å²) in [6.45, 7) is 4.08. The van der Waals surface area contributed by atoms with E-state index in [1.807, 2.05) is 4.90 Å². The summed E-state index contributed by atoms with van der Waals surface area (Å²) >= 11 is 0. The Labute approximate surface area is 214 Å². The Bertz CT molecular complexity index is 1270. The molecule has 1 aromatic heterocycles. The van der Waals surface area contributed by atoms with Crippen LogP contribution in [0.5, 0.6) is 5.75 Å². The van der Waals surface area contributed by atoms with Crippen LogP contribution in [0.1, 0.15) is 49.2 Å². The molecule has 37 heavy (non-hydrogen) atoms. The zero-order valence-electron chi connectivity index (χ0n) is 20.6. The van der Waals surface area contributed by atoms with Gasteiger partial charge < -0.3 is 14.1 Å². The van der Waals surface area contributed by atoms with Gasteiger partial charge in [0.2, 0.25) is 0 Å². The zero-order valence-corrected chi connectivity index (χ0v) is 20.6. The van der Waals surface area contributed by atoms with E-state index in [1.54, 1.807) is 48.5 Å². The van der Waals surface area contributed by atoms with Crippen molar-refractivity contribution in [3.63, 3.8) is 0 Å². The molecular weight excluding hydrogens is 476 g/mol. The third-order valence-corrected chi connectivity index (χ3v) is 6.31. The van der Waals surface area contributed by atoms with Gasteiger partial charge >= 0.3 is 0 Å². The van der Waals surface area contributed by atoms with Crippen LogP contribution in [0.15, 0.2) is 70.2 Å². The van der Waals surface area contributed by atoms with Crippen LogP contribution < -0.4 is 10.2 Å². The minimum absolute atomic E-state index is 0.00499. The molecule has 0 bridgehead atoms. The highest BCUT2D eigenvalue weighted by Crippen LogP contribution is 2.24. The Balaban J connectivity index is 1.27. The van der Waals surface area contributed by atoms with Crippen LogP contribution in [0.4, 0.5) is 5.69 Å². The van der Waals surface area contributed by atoms with Crippen molar-refractivity contribution < 1.29 is 23.7 Å². The SMILES string of the molecule is C[C@@H]1CCC[C@H](C)N1C(=O)COc1ccc(C(=O)N/N=C\c2ccc(-c3ccc([N+](=O)[O-])cc3)o2)cc1. The molecule has 0 aliphatic carbocycles. The second-order valence-electron chi connectivity index (χ2n) is 8.95. The number of nitro benzene ring substituents is 1. The number of hydrogen-bond acceptors (Lipinski definition) is 7. The van der Waals surface area contributed by atoms with Crippen LogP contribution in [0.2, 0.25) is 0 Å². The predicted octanol–water partition coefficient (Wildman–Crippen LogP) is 4.79. The lowest BCUT2D eigenvalue weighted by Gasteiger charge is -2.38. The first-order chi connectivity index (χ1) is 17.8. The molecule has 4 rings (SSSR count).